The third-order valence-electron chi connectivity index (χ3n) is 4.99. The lowest BCUT2D eigenvalue weighted by molar-refractivity contribution is -0.0145. The molecule has 0 bridgehead atoms. The van der Waals surface area contributed by atoms with Crippen LogP contribution in [-0.4, -0.2) is 40.9 Å². The number of hydrogen-bond donors (Lipinski definition) is 1. The Hall–Kier alpha value is -2.06. The van der Waals surface area contributed by atoms with Gasteiger partial charge in [0.2, 0.25) is 0 Å². The number of rotatable bonds is 1. The second-order valence-corrected chi connectivity index (χ2v) is 6.43. The summed E-state index contributed by atoms with van der Waals surface area (Å²) in [7, 11) is 0. The van der Waals surface area contributed by atoms with Gasteiger partial charge in [-0.05, 0) is 56.9 Å². The molecule has 2 aliphatic rings. The highest BCUT2D eigenvalue weighted by molar-refractivity contribution is 5.68. The number of aliphatic hydroxyl groups is 1. The number of benzene rings is 1. The highest BCUT2D eigenvalue weighted by atomic mass is 19.1. The molecular weight excluding hydrogens is 309 g/mol. The van der Waals surface area contributed by atoms with Crippen molar-refractivity contribution >= 4 is 6.09 Å². The quantitative estimate of drug-likeness (QED) is 0.805. The van der Waals surface area contributed by atoms with Gasteiger partial charge in [-0.25, -0.2) is 9.18 Å². The van der Waals surface area contributed by atoms with E-state index in [1.54, 1.807) is 24.0 Å². The predicted octanol–water partition coefficient (Wildman–Crippen LogP) is 2.94. The molecule has 0 spiro atoms. The van der Waals surface area contributed by atoms with Crippen molar-refractivity contribution in [2.75, 3.05) is 13.2 Å². The van der Waals surface area contributed by atoms with E-state index in [9.17, 15) is 14.3 Å². The van der Waals surface area contributed by atoms with Crippen LogP contribution >= 0.6 is 0 Å². The second-order valence-electron chi connectivity index (χ2n) is 6.43. The predicted molar refractivity (Wildman–Crippen MR) is 87.7 cm³/mol. The van der Waals surface area contributed by atoms with Crippen LogP contribution in [-0.2, 0) is 4.74 Å². The zero-order valence-electron chi connectivity index (χ0n) is 13.8. The number of amides is 1. The van der Waals surface area contributed by atoms with E-state index in [4.69, 9.17) is 4.74 Å². The smallest absolute Gasteiger partial charge is 0.410 e. The lowest BCUT2D eigenvalue weighted by Gasteiger charge is -2.39. The van der Waals surface area contributed by atoms with Gasteiger partial charge in [-0.3, -0.25) is 0 Å². The van der Waals surface area contributed by atoms with E-state index >= 15 is 0 Å². The molecule has 1 saturated carbocycles. The zero-order chi connectivity index (χ0) is 17.2. The molecule has 0 aromatic heterocycles. The Labute approximate surface area is 141 Å². The molecule has 3 atom stereocenters. The van der Waals surface area contributed by atoms with Gasteiger partial charge in [0.25, 0.3) is 0 Å². The van der Waals surface area contributed by atoms with Gasteiger partial charge in [-0.1, -0.05) is 11.8 Å². The van der Waals surface area contributed by atoms with Crippen LogP contribution in [0.25, 0.3) is 0 Å². The standard InChI is InChI=1S/C19H22FNO3/c1-2-24-18(22)21-13-10-16-17(21)4-3-11-19(16,23)12-9-14-5-7-15(20)8-6-14/h5-8,16-17,23H,2-4,10-11,13H2,1H3. The summed E-state index contributed by atoms with van der Waals surface area (Å²) >= 11 is 0. The fraction of sp³-hybridized carbons (Fsp3) is 0.526. The molecule has 3 unspecified atom stereocenters. The summed E-state index contributed by atoms with van der Waals surface area (Å²) in [5, 5.41) is 11.1. The van der Waals surface area contributed by atoms with Crippen molar-refractivity contribution in [2.45, 2.75) is 44.2 Å². The summed E-state index contributed by atoms with van der Waals surface area (Å²) in [6.45, 7) is 2.73. The number of carbonyl (C=O) groups is 1. The minimum atomic E-state index is -1.11. The Kier molecular flexibility index (Phi) is 4.77. The molecule has 1 N–H and O–H groups in total. The number of carbonyl (C=O) groups excluding carboxylic acids is 1. The molecule has 5 heteroatoms. The van der Waals surface area contributed by atoms with Crippen LogP contribution in [0.5, 0.6) is 0 Å². The summed E-state index contributed by atoms with van der Waals surface area (Å²) in [4.78, 5) is 13.8. The number of ether oxygens (including phenoxy) is 1. The summed E-state index contributed by atoms with van der Waals surface area (Å²) < 4.78 is 18.1. The molecule has 1 aliphatic heterocycles. The number of halogens is 1. The molecule has 2 fully saturated rings. The van der Waals surface area contributed by atoms with E-state index in [2.05, 4.69) is 11.8 Å². The van der Waals surface area contributed by atoms with Gasteiger partial charge in [-0.15, -0.1) is 0 Å². The summed E-state index contributed by atoms with van der Waals surface area (Å²) in [6.07, 6.45) is 2.69. The Morgan fingerprint density at radius 3 is 2.88 bits per heavy atom. The van der Waals surface area contributed by atoms with Crippen LogP contribution < -0.4 is 0 Å². The largest absolute Gasteiger partial charge is 0.450 e. The van der Waals surface area contributed by atoms with Gasteiger partial charge < -0.3 is 14.7 Å². The minimum Gasteiger partial charge on any atom is -0.450 e. The van der Waals surface area contributed by atoms with Gasteiger partial charge in [-0.2, -0.15) is 0 Å². The molecule has 1 aromatic carbocycles. The Morgan fingerprint density at radius 1 is 1.42 bits per heavy atom. The van der Waals surface area contributed by atoms with E-state index in [-0.39, 0.29) is 23.9 Å². The monoisotopic (exact) mass is 331 g/mol. The molecule has 0 radical (unpaired) electrons. The van der Waals surface area contributed by atoms with Crippen molar-refractivity contribution in [2.24, 2.45) is 5.92 Å². The van der Waals surface area contributed by atoms with Crippen LogP contribution in [0.1, 0.15) is 38.2 Å². The van der Waals surface area contributed by atoms with Crippen molar-refractivity contribution in [3.05, 3.63) is 35.6 Å². The third-order valence-corrected chi connectivity index (χ3v) is 4.99. The second kappa shape index (κ2) is 6.82. The number of hydrogen-bond acceptors (Lipinski definition) is 3. The maximum Gasteiger partial charge on any atom is 0.410 e. The molecular formula is C19H22FNO3. The molecule has 1 amide bonds. The first-order chi connectivity index (χ1) is 11.5. The summed E-state index contributed by atoms with van der Waals surface area (Å²) in [5.74, 6) is 5.59. The van der Waals surface area contributed by atoms with E-state index in [1.807, 2.05) is 0 Å². The molecule has 3 rings (SSSR count). The summed E-state index contributed by atoms with van der Waals surface area (Å²) in [6, 6.07) is 5.90. The third kappa shape index (κ3) is 3.25. The van der Waals surface area contributed by atoms with E-state index in [1.165, 1.54) is 12.1 Å². The van der Waals surface area contributed by atoms with Crippen LogP contribution in [0.2, 0.25) is 0 Å². The highest BCUT2D eigenvalue weighted by Crippen LogP contribution is 2.42. The first kappa shape index (κ1) is 16.8. The number of likely N-dealkylation sites (tertiary alicyclic amines) is 1. The van der Waals surface area contributed by atoms with Crippen molar-refractivity contribution in [1.29, 1.82) is 0 Å². The highest BCUT2D eigenvalue weighted by Gasteiger charge is 2.50. The van der Waals surface area contributed by atoms with Crippen molar-refractivity contribution in [3.8, 4) is 11.8 Å². The Balaban J connectivity index is 1.79. The van der Waals surface area contributed by atoms with Crippen LogP contribution in [0.15, 0.2) is 24.3 Å². The molecule has 24 heavy (non-hydrogen) atoms. The molecule has 1 heterocycles. The topological polar surface area (TPSA) is 49.8 Å². The summed E-state index contributed by atoms with van der Waals surface area (Å²) in [5.41, 5.74) is -0.439. The van der Waals surface area contributed by atoms with Crippen molar-refractivity contribution in [3.63, 3.8) is 0 Å². The van der Waals surface area contributed by atoms with E-state index < -0.39 is 5.60 Å². The zero-order valence-corrected chi connectivity index (χ0v) is 13.8. The van der Waals surface area contributed by atoms with E-state index in [0.717, 1.165) is 19.3 Å². The SMILES string of the molecule is CCOC(=O)N1CCC2C1CCCC2(O)C#Cc1ccc(F)cc1. The number of fused-ring (bicyclic) bond motifs is 1. The lowest BCUT2D eigenvalue weighted by atomic mass is 9.73. The lowest BCUT2D eigenvalue weighted by Crippen LogP contribution is -2.49. The van der Waals surface area contributed by atoms with Gasteiger partial charge >= 0.3 is 6.09 Å². The normalized spacial score (nSPS) is 28.7. The molecule has 1 saturated heterocycles. The fourth-order valence-corrected chi connectivity index (χ4v) is 3.84. The average molecular weight is 331 g/mol. The molecule has 128 valence electrons. The van der Waals surface area contributed by atoms with Crippen LogP contribution in [0.3, 0.4) is 0 Å². The maximum atomic E-state index is 13.0. The number of nitrogens with zero attached hydrogens (tertiary/aromatic N) is 1. The Bertz CT molecular complexity index is 663. The molecule has 1 aliphatic carbocycles. The molecule has 4 nitrogen and oxygen atoms in total. The van der Waals surface area contributed by atoms with Gasteiger partial charge in [0, 0.05) is 24.1 Å². The Morgan fingerprint density at radius 2 is 2.17 bits per heavy atom. The van der Waals surface area contributed by atoms with Crippen LogP contribution in [0, 0.1) is 23.6 Å². The van der Waals surface area contributed by atoms with Gasteiger partial charge in [0.05, 0.1) is 6.61 Å². The van der Waals surface area contributed by atoms with E-state index in [0.29, 0.717) is 25.1 Å². The van der Waals surface area contributed by atoms with Crippen molar-refractivity contribution < 1.29 is 19.0 Å². The first-order valence-electron chi connectivity index (χ1n) is 8.48. The average Bonchev–Trinajstić information content (AvgIpc) is 3.01. The van der Waals surface area contributed by atoms with Crippen molar-refractivity contribution in [1.82, 2.24) is 4.90 Å². The first-order valence-corrected chi connectivity index (χ1v) is 8.48. The molecule has 1 aromatic rings. The van der Waals surface area contributed by atoms with Gasteiger partial charge in [0.15, 0.2) is 0 Å². The van der Waals surface area contributed by atoms with Gasteiger partial charge in [0.1, 0.15) is 11.4 Å². The maximum absolute atomic E-state index is 13.0. The van der Waals surface area contributed by atoms with Crippen LogP contribution in [0.4, 0.5) is 9.18 Å². The minimum absolute atomic E-state index is 0.0229. The fourth-order valence-electron chi connectivity index (χ4n) is 3.84.